The lowest BCUT2D eigenvalue weighted by atomic mass is 10.2. The molecular formula is C26H23N3. The predicted octanol–water partition coefficient (Wildman–Crippen LogP) is 6.87. The summed E-state index contributed by atoms with van der Waals surface area (Å²) in [7, 11) is 0. The maximum Gasteiger partial charge on any atom is 0.0464 e. The third-order valence-electron chi connectivity index (χ3n) is 4.02. The average molecular weight is 377 g/mol. The normalized spacial score (nSPS) is 9.03. The van der Waals surface area contributed by atoms with Gasteiger partial charge in [0.05, 0.1) is 0 Å². The molecule has 0 aliphatic rings. The number of hydrogen-bond donors (Lipinski definition) is 1. The molecule has 3 heteroatoms. The maximum atomic E-state index is 6.50. The molecule has 1 N–H and O–H groups in total. The number of fused-ring (bicyclic) bond motifs is 3. The fourth-order valence-electron chi connectivity index (χ4n) is 2.70. The molecular weight excluding hydrogens is 354 g/mol. The Morgan fingerprint density at radius 1 is 0.655 bits per heavy atom. The molecule has 5 rings (SSSR count). The summed E-state index contributed by atoms with van der Waals surface area (Å²) in [5.41, 5.74) is 3.60. The first-order valence-corrected chi connectivity index (χ1v) is 9.12. The Kier molecular flexibility index (Phi) is 8.94. The molecule has 2 aromatic heterocycles. The minimum atomic E-state index is 1.17. The van der Waals surface area contributed by atoms with Gasteiger partial charge >= 0.3 is 0 Å². The van der Waals surface area contributed by atoms with Crippen molar-refractivity contribution < 1.29 is 0 Å². The van der Waals surface area contributed by atoms with Crippen LogP contribution in [0.5, 0.6) is 0 Å². The van der Waals surface area contributed by atoms with Crippen LogP contribution in [0.3, 0.4) is 0 Å². The predicted molar refractivity (Wildman–Crippen MR) is 123 cm³/mol. The van der Waals surface area contributed by atoms with Gasteiger partial charge in [-0.3, -0.25) is 4.98 Å². The summed E-state index contributed by atoms with van der Waals surface area (Å²) in [4.78, 5) is 7.16. The van der Waals surface area contributed by atoms with E-state index < -0.39 is 0 Å². The van der Waals surface area contributed by atoms with Crippen molar-refractivity contribution in [1.82, 2.24) is 9.97 Å². The number of para-hydroxylation sites is 2. The number of nitrogens with one attached hydrogen (secondary N) is 1. The summed E-state index contributed by atoms with van der Waals surface area (Å²) in [5, 5.41) is 9.11. The SMILES string of the molecule is C#N.C=Cc1ccccc1.c1ccc2c(c1)[nH]c1ccccc12.c1ccncc1. The standard InChI is InChI=1S/C12H9N.C8H8.C5H5N.CHN/c1-3-7-11-9(5-1)10-6-2-4-8-12(10)13-11;1-2-8-6-4-3-5-7-8;1-2-4-6-5-3-1;1-2/h1-8,13H;2-7H,1H2;1-5H;1H. The van der Waals surface area contributed by atoms with Gasteiger partial charge < -0.3 is 4.98 Å². The highest BCUT2D eigenvalue weighted by Gasteiger charge is 2.00. The van der Waals surface area contributed by atoms with Crippen molar-refractivity contribution in [2.45, 2.75) is 0 Å². The van der Waals surface area contributed by atoms with Crippen molar-refractivity contribution in [3.05, 3.63) is 122 Å². The van der Waals surface area contributed by atoms with Crippen LogP contribution in [0, 0.1) is 11.8 Å². The van der Waals surface area contributed by atoms with Crippen LogP contribution in [0.15, 0.2) is 116 Å². The smallest absolute Gasteiger partial charge is 0.0464 e. The zero-order chi connectivity index (χ0) is 20.7. The van der Waals surface area contributed by atoms with E-state index in [9.17, 15) is 0 Å². The third-order valence-corrected chi connectivity index (χ3v) is 4.02. The van der Waals surface area contributed by atoms with Crippen LogP contribution in [-0.4, -0.2) is 9.97 Å². The van der Waals surface area contributed by atoms with E-state index in [1.807, 2.05) is 54.6 Å². The summed E-state index contributed by atoms with van der Waals surface area (Å²) in [6.45, 7) is 7.13. The Balaban J connectivity index is 0.000000162. The number of nitrogens with zero attached hydrogens (tertiary/aromatic N) is 2. The number of aromatic amines is 1. The van der Waals surface area contributed by atoms with E-state index in [2.05, 4.69) is 71.6 Å². The molecule has 0 fully saturated rings. The van der Waals surface area contributed by atoms with Crippen LogP contribution in [0.4, 0.5) is 0 Å². The molecule has 0 spiro atoms. The van der Waals surface area contributed by atoms with Crippen LogP contribution < -0.4 is 0 Å². The lowest BCUT2D eigenvalue weighted by Crippen LogP contribution is -1.63. The van der Waals surface area contributed by atoms with Gasteiger partial charge in [-0.1, -0.05) is 85.5 Å². The highest BCUT2D eigenvalue weighted by molar-refractivity contribution is 6.06. The lowest BCUT2D eigenvalue weighted by molar-refractivity contribution is 1.33. The van der Waals surface area contributed by atoms with Gasteiger partial charge in [-0.15, -0.1) is 0 Å². The summed E-state index contributed by atoms with van der Waals surface area (Å²) in [6.07, 6.45) is 5.33. The quantitative estimate of drug-likeness (QED) is 0.346. The molecule has 0 saturated carbocycles. The molecule has 2 heterocycles. The first-order chi connectivity index (χ1) is 14.4. The van der Waals surface area contributed by atoms with E-state index in [0.717, 1.165) is 0 Å². The molecule has 0 aliphatic carbocycles. The fraction of sp³-hybridized carbons (Fsp3) is 0. The van der Waals surface area contributed by atoms with Gasteiger partial charge in [0.25, 0.3) is 0 Å². The van der Waals surface area contributed by atoms with Gasteiger partial charge in [0.2, 0.25) is 0 Å². The summed E-state index contributed by atoms with van der Waals surface area (Å²) < 4.78 is 0. The van der Waals surface area contributed by atoms with Gasteiger partial charge in [0.1, 0.15) is 0 Å². The minimum Gasteiger partial charge on any atom is -0.355 e. The second-order valence-electron chi connectivity index (χ2n) is 5.86. The van der Waals surface area contributed by atoms with Gasteiger partial charge in [-0.2, -0.15) is 0 Å². The van der Waals surface area contributed by atoms with Crippen molar-refractivity contribution in [2.75, 3.05) is 0 Å². The number of pyridine rings is 1. The molecule has 0 amide bonds. The Morgan fingerprint density at radius 2 is 1.10 bits per heavy atom. The van der Waals surface area contributed by atoms with E-state index in [4.69, 9.17) is 5.26 Å². The molecule has 0 unspecified atom stereocenters. The van der Waals surface area contributed by atoms with Gasteiger partial charge in [-0.05, 0) is 29.8 Å². The molecule has 0 bridgehead atoms. The molecule has 0 aliphatic heterocycles. The fourth-order valence-corrected chi connectivity index (χ4v) is 2.70. The Morgan fingerprint density at radius 3 is 1.48 bits per heavy atom. The van der Waals surface area contributed by atoms with E-state index in [0.29, 0.717) is 0 Å². The van der Waals surface area contributed by atoms with Crippen LogP contribution in [0.2, 0.25) is 0 Å². The van der Waals surface area contributed by atoms with Crippen molar-refractivity contribution in [3.63, 3.8) is 0 Å². The molecule has 5 aromatic rings. The van der Waals surface area contributed by atoms with Crippen molar-refractivity contribution in [3.8, 4) is 6.57 Å². The van der Waals surface area contributed by atoms with E-state index in [1.54, 1.807) is 12.4 Å². The molecule has 29 heavy (non-hydrogen) atoms. The first-order valence-electron chi connectivity index (χ1n) is 9.12. The lowest BCUT2D eigenvalue weighted by Gasteiger charge is -1.87. The maximum absolute atomic E-state index is 6.50. The van der Waals surface area contributed by atoms with E-state index >= 15 is 0 Å². The van der Waals surface area contributed by atoms with Crippen molar-refractivity contribution in [1.29, 1.82) is 5.26 Å². The van der Waals surface area contributed by atoms with Crippen LogP contribution in [0.1, 0.15) is 5.56 Å². The van der Waals surface area contributed by atoms with Gasteiger partial charge in [0, 0.05) is 40.8 Å². The zero-order valence-corrected chi connectivity index (χ0v) is 16.1. The summed E-state index contributed by atoms with van der Waals surface area (Å²) in [6, 6.07) is 32.5. The Hall–Kier alpha value is -4.16. The zero-order valence-electron chi connectivity index (χ0n) is 16.1. The monoisotopic (exact) mass is 377 g/mol. The highest BCUT2D eigenvalue weighted by Crippen LogP contribution is 2.24. The molecule has 142 valence electrons. The van der Waals surface area contributed by atoms with Crippen molar-refractivity contribution >= 4 is 27.9 Å². The minimum absolute atomic E-state index is 1.17. The average Bonchev–Trinajstić information content (AvgIpc) is 3.22. The number of H-pyrrole nitrogens is 1. The van der Waals surface area contributed by atoms with Crippen LogP contribution >= 0.6 is 0 Å². The Bertz CT molecular complexity index is 1050. The topological polar surface area (TPSA) is 52.5 Å². The summed E-state index contributed by atoms with van der Waals surface area (Å²) >= 11 is 0. The molecule has 3 nitrogen and oxygen atoms in total. The molecule has 3 aromatic carbocycles. The van der Waals surface area contributed by atoms with Gasteiger partial charge in [-0.25, -0.2) is 5.26 Å². The third kappa shape index (κ3) is 6.50. The Labute approximate surface area is 171 Å². The van der Waals surface area contributed by atoms with E-state index in [1.165, 1.54) is 27.4 Å². The molecule has 0 atom stereocenters. The summed E-state index contributed by atoms with van der Waals surface area (Å²) in [5.74, 6) is 0. The largest absolute Gasteiger partial charge is 0.355 e. The molecule has 0 radical (unpaired) electrons. The second kappa shape index (κ2) is 12.3. The van der Waals surface area contributed by atoms with Crippen LogP contribution in [0.25, 0.3) is 27.9 Å². The highest BCUT2D eigenvalue weighted by atomic mass is 14.7. The first kappa shape index (κ1) is 21.1. The van der Waals surface area contributed by atoms with Crippen molar-refractivity contribution in [2.24, 2.45) is 0 Å². The molecule has 0 saturated heterocycles. The number of benzene rings is 3. The number of nitriles is 1. The second-order valence-corrected chi connectivity index (χ2v) is 5.86. The number of rotatable bonds is 1. The number of aromatic nitrogens is 2. The van der Waals surface area contributed by atoms with Gasteiger partial charge in [0.15, 0.2) is 0 Å². The van der Waals surface area contributed by atoms with E-state index in [-0.39, 0.29) is 0 Å². The van der Waals surface area contributed by atoms with Crippen LogP contribution in [-0.2, 0) is 0 Å². The number of hydrogen-bond acceptors (Lipinski definition) is 2.